The molecule has 0 bridgehead atoms. The number of aromatic hydroxyl groups is 1. The van der Waals surface area contributed by atoms with E-state index in [1.165, 1.54) is 36.0 Å². The summed E-state index contributed by atoms with van der Waals surface area (Å²) in [6.07, 6.45) is 3.28. The molecule has 2 N–H and O–H groups in total. The SMILES string of the molecule is CCCCn1cnc2sc(C(=O)Nc3cc(S(=O)(=O)CC)ccc3O)c(C)c2c1=O. The molecule has 10 heteroatoms. The van der Waals surface area contributed by atoms with Gasteiger partial charge in [-0.15, -0.1) is 11.3 Å². The molecule has 0 fully saturated rings. The van der Waals surface area contributed by atoms with Gasteiger partial charge in [0, 0.05) is 6.54 Å². The fourth-order valence-electron chi connectivity index (χ4n) is 3.02. The Labute approximate surface area is 178 Å². The summed E-state index contributed by atoms with van der Waals surface area (Å²) >= 11 is 1.08. The van der Waals surface area contributed by atoms with Crippen molar-refractivity contribution >= 4 is 43.0 Å². The zero-order valence-corrected chi connectivity index (χ0v) is 18.6. The molecule has 3 aromatic rings. The lowest BCUT2D eigenvalue weighted by molar-refractivity contribution is 0.102. The van der Waals surface area contributed by atoms with Crippen LogP contribution in [0, 0.1) is 6.92 Å². The van der Waals surface area contributed by atoms with Gasteiger partial charge in [-0.2, -0.15) is 0 Å². The van der Waals surface area contributed by atoms with Crippen molar-refractivity contribution in [1.29, 1.82) is 0 Å². The van der Waals surface area contributed by atoms with Gasteiger partial charge in [0.2, 0.25) is 0 Å². The highest BCUT2D eigenvalue weighted by Gasteiger charge is 2.21. The van der Waals surface area contributed by atoms with Gasteiger partial charge in [0.15, 0.2) is 9.84 Å². The molecule has 0 saturated carbocycles. The molecule has 1 amide bonds. The van der Waals surface area contributed by atoms with Gasteiger partial charge >= 0.3 is 0 Å². The minimum atomic E-state index is -3.50. The summed E-state index contributed by atoms with van der Waals surface area (Å²) in [4.78, 5) is 30.7. The topological polar surface area (TPSA) is 118 Å². The number of nitrogens with zero attached hydrogens (tertiary/aromatic N) is 2. The van der Waals surface area contributed by atoms with E-state index in [0.717, 1.165) is 24.2 Å². The van der Waals surface area contributed by atoms with E-state index in [-0.39, 0.29) is 32.5 Å². The molecule has 0 aliphatic carbocycles. The Hall–Kier alpha value is -2.72. The van der Waals surface area contributed by atoms with Crippen LogP contribution in [-0.4, -0.2) is 34.7 Å². The molecule has 2 heterocycles. The lowest BCUT2D eigenvalue weighted by Gasteiger charge is -2.09. The average molecular weight is 450 g/mol. The molecule has 0 aliphatic rings. The molecule has 0 spiro atoms. The number of hydrogen-bond donors (Lipinski definition) is 2. The van der Waals surface area contributed by atoms with Crippen LogP contribution >= 0.6 is 11.3 Å². The molecule has 1 aromatic carbocycles. The molecular weight excluding hydrogens is 426 g/mol. The van der Waals surface area contributed by atoms with Gasteiger partial charge in [0.25, 0.3) is 11.5 Å². The summed E-state index contributed by atoms with van der Waals surface area (Å²) in [7, 11) is -3.50. The van der Waals surface area contributed by atoms with Crippen molar-refractivity contribution in [3.63, 3.8) is 0 Å². The Morgan fingerprint density at radius 3 is 2.70 bits per heavy atom. The van der Waals surface area contributed by atoms with E-state index in [4.69, 9.17) is 0 Å². The second-order valence-electron chi connectivity index (χ2n) is 6.87. The Morgan fingerprint density at radius 1 is 1.30 bits per heavy atom. The van der Waals surface area contributed by atoms with Crippen LogP contribution in [-0.2, 0) is 16.4 Å². The first-order valence-electron chi connectivity index (χ1n) is 9.55. The van der Waals surface area contributed by atoms with Gasteiger partial charge in [-0.25, -0.2) is 13.4 Å². The van der Waals surface area contributed by atoms with E-state index in [0.29, 0.717) is 22.3 Å². The minimum Gasteiger partial charge on any atom is -0.506 e. The zero-order chi connectivity index (χ0) is 22.1. The molecule has 2 aromatic heterocycles. The van der Waals surface area contributed by atoms with Crippen LogP contribution in [0.5, 0.6) is 5.75 Å². The Kier molecular flexibility index (Phi) is 6.27. The highest BCUT2D eigenvalue weighted by Crippen LogP contribution is 2.31. The first-order chi connectivity index (χ1) is 14.2. The second-order valence-corrected chi connectivity index (χ2v) is 10.1. The van der Waals surface area contributed by atoms with Crippen molar-refractivity contribution in [2.75, 3.05) is 11.1 Å². The van der Waals surface area contributed by atoms with Crippen molar-refractivity contribution in [1.82, 2.24) is 9.55 Å². The van der Waals surface area contributed by atoms with Crippen LogP contribution in [0.25, 0.3) is 10.2 Å². The highest BCUT2D eigenvalue weighted by molar-refractivity contribution is 7.91. The van der Waals surface area contributed by atoms with Gasteiger partial charge in [-0.1, -0.05) is 20.3 Å². The number of unbranched alkanes of at least 4 members (excludes halogenated alkanes) is 1. The number of phenols is 1. The Morgan fingerprint density at radius 2 is 2.03 bits per heavy atom. The number of carbonyl (C=O) groups excluding carboxylic acids is 1. The lowest BCUT2D eigenvalue weighted by Crippen LogP contribution is -2.20. The maximum Gasteiger partial charge on any atom is 0.266 e. The van der Waals surface area contributed by atoms with E-state index in [1.54, 1.807) is 6.92 Å². The predicted octanol–water partition coefficient (Wildman–Crippen LogP) is 3.32. The third-order valence-corrected chi connectivity index (χ3v) is 7.76. The third-order valence-electron chi connectivity index (χ3n) is 4.83. The second kappa shape index (κ2) is 8.57. The molecule has 160 valence electrons. The van der Waals surface area contributed by atoms with Gasteiger partial charge < -0.3 is 10.4 Å². The number of carbonyl (C=O) groups is 1. The molecule has 3 rings (SSSR count). The number of phenolic OH excluding ortho intramolecular Hbond substituents is 1. The van der Waals surface area contributed by atoms with Crippen LogP contribution < -0.4 is 10.9 Å². The fourth-order valence-corrected chi connectivity index (χ4v) is 4.96. The zero-order valence-electron chi connectivity index (χ0n) is 16.9. The van der Waals surface area contributed by atoms with Gasteiger partial charge in [0.05, 0.1) is 32.9 Å². The van der Waals surface area contributed by atoms with Crippen LogP contribution in [0.15, 0.2) is 34.2 Å². The minimum absolute atomic E-state index is 0.00615. The van der Waals surface area contributed by atoms with Gasteiger partial charge in [-0.05, 0) is 37.1 Å². The number of nitrogens with one attached hydrogen (secondary N) is 1. The fraction of sp³-hybridized carbons (Fsp3) is 0.350. The summed E-state index contributed by atoms with van der Waals surface area (Å²) in [5.74, 6) is -0.898. The number of fused-ring (bicyclic) bond motifs is 1. The Bertz CT molecular complexity index is 1280. The summed E-state index contributed by atoms with van der Waals surface area (Å²) in [5, 5.41) is 13.0. The van der Waals surface area contributed by atoms with Crippen molar-refractivity contribution < 1.29 is 18.3 Å². The smallest absolute Gasteiger partial charge is 0.266 e. The molecular formula is C20H23N3O5S2. The lowest BCUT2D eigenvalue weighted by atomic mass is 10.2. The molecule has 0 aliphatic heterocycles. The van der Waals surface area contributed by atoms with Gasteiger partial charge in [-0.3, -0.25) is 14.2 Å². The number of benzene rings is 1. The number of anilines is 1. The van der Waals surface area contributed by atoms with Crippen LogP contribution in [0.1, 0.15) is 41.9 Å². The van der Waals surface area contributed by atoms with E-state index < -0.39 is 15.7 Å². The van der Waals surface area contributed by atoms with E-state index >= 15 is 0 Å². The summed E-state index contributed by atoms with van der Waals surface area (Å²) in [6.45, 7) is 5.78. The van der Waals surface area contributed by atoms with E-state index in [9.17, 15) is 23.1 Å². The number of hydrogen-bond acceptors (Lipinski definition) is 7. The molecule has 0 atom stereocenters. The van der Waals surface area contributed by atoms with Gasteiger partial charge in [0.1, 0.15) is 10.6 Å². The maximum absolute atomic E-state index is 12.9. The highest BCUT2D eigenvalue weighted by atomic mass is 32.2. The van der Waals surface area contributed by atoms with Crippen molar-refractivity contribution in [3.8, 4) is 5.75 Å². The number of sulfone groups is 1. The number of aromatic nitrogens is 2. The quantitative estimate of drug-likeness (QED) is 0.534. The molecule has 0 saturated heterocycles. The molecule has 8 nitrogen and oxygen atoms in total. The first kappa shape index (κ1) is 22.0. The number of thiophene rings is 1. The maximum atomic E-state index is 12.9. The van der Waals surface area contributed by atoms with Crippen molar-refractivity contribution in [2.45, 2.75) is 45.1 Å². The van der Waals surface area contributed by atoms with E-state index in [1.807, 2.05) is 6.92 Å². The number of aryl methyl sites for hydroxylation is 2. The Balaban J connectivity index is 1.98. The molecule has 0 radical (unpaired) electrons. The van der Waals surface area contributed by atoms with Crippen molar-refractivity contribution in [3.05, 3.63) is 45.3 Å². The standard InChI is InChI=1S/C20H23N3O5S2/c1-4-6-9-23-11-21-19-16(20(23)26)12(3)17(29-19)18(25)22-14-10-13(7-8-15(14)24)30(27,28)5-2/h7-8,10-11,24H,4-6,9H2,1-3H3,(H,22,25). The van der Waals surface area contributed by atoms with Crippen LogP contribution in [0.4, 0.5) is 5.69 Å². The van der Waals surface area contributed by atoms with Crippen LogP contribution in [0.3, 0.4) is 0 Å². The monoisotopic (exact) mass is 449 g/mol. The molecule has 30 heavy (non-hydrogen) atoms. The summed E-state index contributed by atoms with van der Waals surface area (Å²) in [6, 6.07) is 3.74. The van der Waals surface area contributed by atoms with Crippen LogP contribution in [0.2, 0.25) is 0 Å². The average Bonchev–Trinajstić information content (AvgIpc) is 3.06. The molecule has 0 unspecified atom stereocenters. The first-order valence-corrected chi connectivity index (χ1v) is 12.0. The van der Waals surface area contributed by atoms with Crippen molar-refractivity contribution in [2.24, 2.45) is 0 Å². The third kappa shape index (κ3) is 4.10. The number of rotatable bonds is 7. The number of amides is 1. The normalized spacial score (nSPS) is 11.7. The van der Waals surface area contributed by atoms with E-state index in [2.05, 4.69) is 10.3 Å². The predicted molar refractivity (Wildman–Crippen MR) is 117 cm³/mol. The summed E-state index contributed by atoms with van der Waals surface area (Å²) < 4.78 is 25.7. The largest absolute Gasteiger partial charge is 0.506 e. The summed E-state index contributed by atoms with van der Waals surface area (Å²) in [5.41, 5.74) is 0.299.